The molecule has 0 aromatic carbocycles. The average Bonchev–Trinajstić information content (AvgIpc) is 2.63. The monoisotopic (exact) mass is 210 g/mol. The van der Waals surface area contributed by atoms with Gasteiger partial charge in [0, 0.05) is 25.8 Å². The number of nitrogens with one attached hydrogen (secondary N) is 1. The predicted molar refractivity (Wildman–Crippen MR) is 62.8 cm³/mol. The summed E-state index contributed by atoms with van der Waals surface area (Å²) >= 11 is 0. The summed E-state index contributed by atoms with van der Waals surface area (Å²) in [6, 6.07) is 0. The van der Waals surface area contributed by atoms with Gasteiger partial charge in [-0.3, -0.25) is 0 Å². The molecule has 1 aromatic heterocycles. The van der Waals surface area contributed by atoms with Crippen molar-refractivity contribution in [3.8, 4) is 0 Å². The van der Waals surface area contributed by atoms with E-state index in [4.69, 9.17) is 0 Å². The number of nitrogens with zero attached hydrogens (tertiary/aromatic N) is 3. The molecule has 86 valence electrons. The van der Waals surface area contributed by atoms with Gasteiger partial charge in [-0.15, -0.1) is 0 Å². The topological polar surface area (TPSA) is 33.1 Å². The molecular weight excluding hydrogens is 188 g/mol. The second kappa shape index (κ2) is 6.58. The summed E-state index contributed by atoms with van der Waals surface area (Å²) in [7, 11) is 4.18. The van der Waals surface area contributed by atoms with Crippen molar-refractivity contribution in [3.05, 3.63) is 18.2 Å². The van der Waals surface area contributed by atoms with E-state index in [1.807, 2.05) is 12.5 Å². The fourth-order valence-corrected chi connectivity index (χ4v) is 1.40. The van der Waals surface area contributed by atoms with Gasteiger partial charge >= 0.3 is 0 Å². The summed E-state index contributed by atoms with van der Waals surface area (Å²) in [4.78, 5) is 6.37. The lowest BCUT2D eigenvalue weighted by atomic mass is 10.4. The summed E-state index contributed by atoms with van der Waals surface area (Å²) < 4.78 is 2.21. The Morgan fingerprint density at radius 2 is 2.27 bits per heavy atom. The number of hydrogen-bond donors (Lipinski definition) is 1. The van der Waals surface area contributed by atoms with Gasteiger partial charge < -0.3 is 14.8 Å². The first-order chi connectivity index (χ1) is 7.24. The molecular formula is C11H22N4. The standard InChI is InChI=1S/C11H22N4/c1-4-5-12-8-11-9-13-10-15(11)7-6-14(2)3/h9-10,12H,4-8H2,1-3H3. The Labute approximate surface area is 92.3 Å². The highest BCUT2D eigenvalue weighted by molar-refractivity contribution is 4.97. The zero-order valence-electron chi connectivity index (χ0n) is 10.0. The summed E-state index contributed by atoms with van der Waals surface area (Å²) in [6.45, 7) is 6.23. The summed E-state index contributed by atoms with van der Waals surface area (Å²) in [5.41, 5.74) is 1.27. The molecule has 15 heavy (non-hydrogen) atoms. The zero-order chi connectivity index (χ0) is 11.1. The van der Waals surface area contributed by atoms with Crippen molar-refractivity contribution in [2.24, 2.45) is 0 Å². The van der Waals surface area contributed by atoms with Gasteiger partial charge in [0.25, 0.3) is 0 Å². The summed E-state index contributed by atoms with van der Waals surface area (Å²) in [5.74, 6) is 0. The summed E-state index contributed by atoms with van der Waals surface area (Å²) in [5, 5.41) is 3.39. The second-order valence-electron chi connectivity index (χ2n) is 4.06. The van der Waals surface area contributed by atoms with E-state index < -0.39 is 0 Å². The van der Waals surface area contributed by atoms with Gasteiger partial charge in [-0.05, 0) is 27.1 Å². The molecule has 4 heteroatoms. The van der Waals surface area contributed by atoms with Crippen LogP contribution in [0.2, 0.25) is 0 Å². The second-order valence-corrected chi connectivity index (χ2v) is 4.06. The van der Waals surface area contributed by atoms with E-state index in [1.54, 1.807) is 0 Å². The van der Waals surface area contributed by atoms with Gasteiger partial charge in [0.15, 0.2) is 0 Å². The Bertz CT molecular complexity index is 267. The van der Waals surface area contributed by atoms with Crippen LogP contribution in [0.25, 0.3) is 0 Å². The first-order valence-corrected chi connectivity index (χ1v) is 5.58. The van der Waals surface area contributed by atoms with E-state index in [0.717, 1.165) is 26.2 Å². The number of hydrogen-bond acceptors (Lipinski definition) is 3. The molecule has 1 aromatic rings. The Balaban J connectivity index is 2.39. The third-order valence-electron chi connectivity index (χ3n) is 2.32. The van der Waals surface area contributed by atoms with E-state index in [-0.39, 0.29) is 0 Å². The van der Waals surface area contributed by atoms with Gasteiger partial charge in [0.1, 0.15) is 0 Å². The zero-order valence-corrected chi connectivity index (χ0v) is 10.0. The van der Waals surface area contributed by atoms with E-state index >= 15 is 0 Å². The average molecular weight is 210 g/mol. The van der Waals surface area contributed by atoms with Gasteiger partial charge in [-0.25, -0.2) is 4.98 Å². The molecule has 0 bridgehead atoms. The van der Waals surface area contributed by atoms with Crippen LogP contribution >= 0.6 is 0 Å². The number of aromatic nitrogens is 2. The minimum absolute atomic E-state index is 0.918. The van der Waals surface area contributed by atoms with Crippen LogP contribution in [0, 0.1) is 0 Å². The Morgan fingerprint density at radius 1 is 1.47 bits per heavy atom. The molecule has 0 aliphatic rings. The molecule has 1 rings (SSSR count). The van der Waals surface area contributed by atoms with Crippen molar-refractivity contribution in [3.63, 3.8) is 0 Å². The molecule has 0 saturated heterocycles. The minimum atomic E-state index is 0.918. The van der Waals surface area contributed by atoms with Crippen LogP contribution in [0.1, 0.15) is 19.0 Å². The molecule has 0 fully saturated rings. The Hall–Kier alpha value is -0.870. The molecule has 0 saturated carbocycles. The molecule has 0 spiro atoms. The van der Waals surface area contributed by atoms with Crippen LogP contribution in [0.4, 0.5) is 0 Å². The first kappa shape index (κ1) is 12.2. The van der Waals surface area contributed by atoms with Crippen molar-refractivity contribution in [2.75, 3.05) is 27.2 Å². The predicted octanol–water partition coefficient (Wildman–Crippen LogP) is 0.944. The smallest absolute Gasteiger partial charge is 0.0949 e. The first-order valence-electron chi connectivity index (χ1n) is 5.58. The molecule has 4 nitrogen and oxygen atoms in total. The number of likely N-dealkylation sites (N-methyl/N-ethyl adjacent to an activating group) is 1. The third kappa shape index (κ3) is 4.44. The molecule has 0 amide bonds. The maximum Gasteiger partial charge on any atom is 0.0949 e. The van der Waals surface area contributed by atoms with Crippen molar-refractivity contribution < 1.29 is 0 Å². The fourth-order valence-electron chi connectivity index (χ4n) is 1.40. The normalized spacial score (nSPS) is 11.2. The maximum atomic E-state index is 4.18. The molecule has 1 heterocycles. The van der Waals surface area contributed by atoms with Crippen molar-refractivity contribution in [1.29, 1.82) is 0 Å². The lowest BCUT2D eigenvalue weighted by molar-refractivity contribution is 0.380. The lowest BCUT2D eigenvalue weighted by Gasteiger charge is -2.12. The van der Waals surface area contributed by atoms with Crippen LogP contribution in [0.15, 0.2) is 12.5 Å². The maximum absolute atomic E-state index is 4.18. The van der Waals surface area contributed by atoms with Crippen molar-refractivity contribution >= 4 is 0 Å². The Kier molecular flexibility index (Phi) is 5.36. The molecule has 0 atom stereocenters. The molecule has 0 aliphatic heterocycles. The van der Waals surface area contributed by atoms with Crippen LogP contribution in [-0.2, 0) is 13.1 Å². The van der Waals surface area contributed by atoms with Gasteiger partial charge in [-0.2, -0.15) is 0 Å². The highest BCUT2D eigenvalue weighted by Gasteiger charge is 2.01. The van der Waals surface area contributed by atoms with Gasteiger partial charge in [0.05, 0.1) is 12.0 Å². The van der Waals surface area contributed by atoms with Crippen LogP contribution in [-0.4, -0.2) is 41.6 Å². The van der Waals surface area contributed by atoms with E-state index in [0.29, 0.717) is 0 Å². The molecule has 1 N–H and O–H groups in total. The van der Waals surface area contributed by atoms with Crippen molar-refractivity contribution in [1.82, 2.24) is 19.8 Å². The number of imidazole rings is 1. The SMILES string of the molecule is CCCNCc1cncn1CCN(C)C. The fraction of sp³-hybridized carbons (Fsp3) is 0.727. The van der Waals surface area contributed by atoms with Crippen LogP contribution in [0.3, 0.4) is 0 Å². The molecule has 0 radical (unpaired) electrons. The van der Waals surface area contributed by atoms with Gasteiger partial charge in [-0.1, -0.05) is 6.92 Å². The van der Waals surface area contributed by atoms with Crippen molar-refractivity contribution in [2.45, 2.75) is 26.4 Å². The largest absolute Gasteiger partial charge is 0.332 e. The van der Waals surface area contributed by atoms with E-state index in [2.05, 4.69) is 40.8 Å². The van der Waals surface area contributed by atoms with Crippen LogP contribution < -0.4 is 5.32 Å². The lowest BCUT2D eigenvalue weighted by Crippen LogP contribution is -2.21. The minimum Gasteiger partial charge on any atom is -0.332 e. The van der Waals surface area contributed by atoms with E-state index in [9.17, 15) is 0 Å². The highest BCUT2D eigenvalue weighted by atomic mass is 15.1. The van der Waals surface area contributed by atoms with Crippen LogP contribution in [0.5, 0.6) is 0 Å². The Morgan fingerprint density at radius 3 is 2.93 bits per heavy atom. The highest BCUT2D eigenvalue weighted by Crippen LogP contribution is 1.99. The number of rotatable bonds is 7. The summed E-state index contributed by atoms with van der Waals surface area (Å²) in [6.07, 6.45) is 5.02. The van der Waals surface area contributed by atoms with Gasteiger partial charge in [0.2, 0.25) is 0 Å². The quantitative estimate of drug-likeness (QED) is 0.680. The van der Waals surface area contributed by atoms with E-state index in [1.165, 1.54) is 12.1 Å². The molecule has 0 unspecified atom stereocenters. The third-order valence-corrected chi connectivity index (χ3v) is 2.32. The molecule has 0 aliphatic carbocycles.